The number of sulfone groups is 6. The number of primary amides is 1. The van der Waals surface area contributed by atoms with Crippen LogP contribution in [0.2, 0.25) is 0 Å². The zero-order chi connectivity index (χ0) is 80.7. The Kier molecular flexibility index (Phi) is 34.0. The molecule has 572 valence electrons. The van der Waals surface area contributed by atoms with Gasteiger partial charge >= 0.3 is 5.97 Å². The first-order chi connectivity index (χ1) is 46.6. The Bertz CT molecular complexity index is 4770. The second-order valence-corrected chi connectivity index (χ2v) is 37.9. The van der Waals surface area contributed by atoms with Gasteiger partial charge in [0, 0.05) is 77.7 Å². The molecule has 0 unspecified atom stereocenters. The highest BCUT2D eigenvalue weighted by Crippen LogP contribution is 2.31. The molecule has 4 amide bonds. The molecule has 0 fully saturated rings. The Balaban J connectivity index is 0.000000620. The number of nitrogens with two attached hydrogens (primary N) is 1. The van der Waals surface area contributed by atoms with Crippen molar-refractivity contribution in [1.29, 1.82) is 0 Å². The number of carbonyl (C=O) groups is 5. The van der Waals surface area contributed by atoms with Crippen LogP contribution in [-0.2, 0) is 70.4 Å². The van der Waals surface area contributed by atoms with Crippen molar-refractivity contribution in [3.63, 3.8) is 0 Å². The van der Waals surface area contributed by atoms with E-state index in [0.29, 0.717) is 38.6 Å². The summed E-state index contributed by atoms with van der Waals surface area (Å²) in [6.07, 6.45) is 5.96. The zero-order valence-electron chi connectivity index (χ0n) is 61.5. The van der Waals surface area contributed by atoms with Crippen molar-refractivity contribution in [2.45, 2.75) is 161 Å². The van der Waals surface area contributed by atoms with Gasteiger partial charge in [-0.2, -0.15) is 0 Å². The first-order valence-corrected chi connectivity index (χ1v) is 42.6. The van der Waals surface area contributed by atoms with Gasteiger partial charge in [-0.05, 0) is 142 Å². The number of aromatic carboxylic acids is 1. The van der Waals surface area contributed by atoms with Crippen LogP contribution >= 0.6 is 0 Å². The number of carboxylic acid groups (broad SMARTS) is 1. The van der Waals surface area contributed by atoms with Crippen LogP contribution in [0.15, 0.2) is 114 Å². The van der Waals surface area contributed by atoms with E-state index >= 15 is 0 Å². The number of halogens is 5. The van der Waals surface area contributed by atoms with Gasteiger partial charge in [0.2, 0.25) is 5.91 Å². The van der Waals surface area contributed by atoms with Gasteiger partial charge in [0.15, 0.2) is 59.0 Å². The molecular formula is C70H93F5N4O18S6. The minimum atomic E-state index is -3.78. The molecule has 0 aliphatic heterocycles. The van der Waals surface area contributed by atoms with Gasteiger partial charge in [0.1, 0.15) is 34.6 Å². The summed E-state index contributed by atoms with van der Waals surface area (Å²) in [4.78, 5) is 56.5. The van der Waals surface area contributed by atoms with E-state index in [1.807, 2.05) is 61.5 Å². The molecule has 6 aromatic carbocycles. The third-order valence-electron chi connectivity index (χ3n) is 14.8. The Morgan fingerprint density at radius 2 is 0.709 bits per heavy atom. The van der Waals surface area contributed by atoms with E-state index in [2.05, 4.69) is 10.6 Å². The van der Waals surface area contributed by atoms with Crippen molar-refractivity contribution in [2.75, 3.05) is 58.7 Å². The fourth-order valence-corrected chi connectivity index (χ4v) is 14.2. The summed E-state index contributed by atoms with van der Waals surface area (Å²) in [5.74, 6) is -8.39. The molecule has 0 aromatic heterocycles. The quantitative estimate of drug-likeness (QED) is 0.0581. The van der Waals surface area contributed by atoms with E-state index in [9.17, 15) is 96.4 Å². The van der Waals surface area contributed by atoms with Crippen LogP contribution in [0.1, 0.15) is 206 Å². The highest BCUT2D eigenvalue weighted by molar-refractivity contribution is 7.92. The van der Waals surface area contributed by atoms with Crippen LogP contribution in [0.4, 0.5) is 22.0 Å². The number of benzene rings is 6. The minimum absolute atomic E-state index is 0.00194. The summed E-state index contributed by atoms with van der Waals surface area (Å²) in [7, 11) is -17.2. The van der Waals surface area contributed by atoms with Gasteiger partial charge in [-0.25, -0.2) is 77.3 Å². The summed E-state index contributed by atoms with van der Waals surface area (Å²) >= 11 is 0. The molecule has 103 heavy (non-hydrogen) atoms. The van der Waals surface area contributed by atoms with Crippen molar-refractivity contribution in [3.8, 4) is 0 Å². The lowest BCUT2D eigenvalue weighted by atomic mass is 10.0. The van der Waals surface area contributed by atoms with Crippen molar-refractivity contribution in [3.05, 3.63) is 175 Å². The maximum atomic E-state index is 14.1. The topological polar surface area (TPSA) is 364 Å². The van der Waals surface area contributed by atoms with Crippen LogP contribution in [0.5, 0.6) is 0 Å². The van der Waals surface area contributed by atoms with E-state index in [1.165, 1.54) is 82.9 Å². The monoisotopic (exact) mass is 1560 g/mol. The van der Waals surface area contributed by atoms with Crippen LogP contribution in [-0.4, -0.2) is 149 Å². The van der Waals surface area contributed by atoms with Gasteiger partial charge in [0.05, 0.1) is 46.1 Å². The fraction of sp³-hybridized carbons (Fsp3) is 0.414. The lowest BCUT2D eigenvalue weighted by Crippen LogP contribution is -2.25. The molecular weight excluding hydrogens is 1470 g/mol. The Hall–Kier alpha value is -7.98. The summed E-state index contributed by atoms with van der Waals surface area (Å²) in [6.45, 7) is 23.4. The third-order valence-corrected chi connectivity index (χ3v) is 21.6. The van der Waals surface area contributed by atoms with Crippen molar-refractivity contribution >= 4 is 88.6 Å². The second kappa shape index (κ2) is 37.6. The normalized spacial score (nSPS) is 11.8. The molecule has 0 atom stereocenters. The number of carbonyl (C=O) groups excluding carboxylic acids is 4. The molecule has 6 rings (SSSR count). The van der Waals surface area contributed by atoms with Crippen LogP contribution in [0, 0.1) is 29.1 Å². The summed E-state index contributed by atoms with van der Waals surface area (Å²) in [5.41, 5.74) is 6.54. The van der Waals surface area contributed by atoms with Crippen molar-refractivity contribution in [1.82, 2.24) is 15.5 Å². The number of amides is 4. The Morgan fingerprint density at radius 3 is 1.00 bits per heavy atom. The van der Waals surface area contributed by atoms with Crippen LogP contribution in [0.3, 0.4) is 0 Å². The fourth-order valence-electron chi connectivity index (χ4n) is 8.92. The second-order valence-electron chi connectivity index (χ2n) is 26.0. The predicted molar refractivity (Wildman–Crippen MR) is 386 cm³/mol. The van der Waals surface area contributed by atoms with Gasteiger partial charge in [-0.3, -0.25) is 19.2 Å². The van der Waals surface area contributed by atoms with E-state index < -0.39 is 139 Å². The van der Waals surface area contributed by atoms with E-state index in [-0.39, 0.29) is 67.2 Å². The van der Waals surface area contributed by atoms with Gasteiger partial charge in [-0.1, -0.05) is 95.2 Å². The largest absolute Gasteiger partial charge is 0.478 e. The van der Waals surface area contributed by atoms with Gasteiger partial charge in [0.25, 0.3) is 17.7 Å². The molecule has 33 heteroatoms. The molecule has 0 aliphatic rings. The van der Waals surface area contributed by atoms with E-state index in [4.69, 9.17) is 10.8 Å². The molecule has 0 bridgehead atoms. The van der Waals surface area contributed by atoms with Gasteiger partial charge in [-0.15, -0.1) is 0 Å². The number of rotatable bonds is 18. The molecule has 0 saturated heterocycles. The van der Waals surface area contributed by atoms with Crippen molar-refractivity contribution in [2.24, 2.45) is 5.73 Å². The highest BCUT2D eigenvalue weighted by Gasteiger charge is 2.29. The maximum absolute atomic E-state index is 14.1. The Labute approximate surface area is 603 Å². The number of hydrogen-bond acceptors (Lipinski definition) is 17. The number of nitrogens with zero attached hydrogens (tertiary/aromatic N) is 1. The number of hydrogen-bond donors (Lipinski definition) is 4. The predicted octanol–water partition coefficient (Wildman–Crippen LogP) is 11.5. The molecule has 0 radical (unpaired) electrons. The highest BCUT2D eigenvalue weighted by atomic mass is 32.2. The van der Waals surface area contributed by atoms with E-state index in [1.54, 1.807) is 45.9 Å². The lowest BCUT2D eigenvalue weighted by Gasteiger charge is -2.16. The van der Waals surface area contributed by atoms with E-state index in [0.717, 1.165) is 53.9 Å². The zero-order valence-corrected chi connectivity index (χ0v) is 66.4. The molecule has 0 heterocycles. The Morgan fingerprint density at radius 1 is 0.417 bits per heavy atom. The molecule has 0 aliphatic carbocycles. The molecule has 6 aromatic rings. The third kappa shape index (κ3) is 27.9. The van der Waals surface area contributed by atoms with Crippen molar-refractivity contribution < 1.29 is 102 Å². The lowest BCUT2D eigenvalue weighted by molar-refractivity contribution is -0.119. The summed E-state index contributed by atoms with van der Waals surface area (Å²) in [6, 6.07) is 19.7. The average Bonchev–Trinajstić information content (AvgIpc) is 0.810. The first-order valence-electron chi connectivity index (χ1n) is 31.2. The average molecular weight is 1570 g/mol. The minimum Gasteiger partial charge on any atom is -0.478 e. The summed E-state index contributed by atoms with van der Waals surface area (Å²) < 4.78 is 208. The first kappa shape index (κ1) is 93.0. The SMILES string of the molecule is CC(=O)NCc1c(F)cc(C(C)C)cc1S(C)(=O)=O.CC(C)c1cc(F)c(C(=O)N(C)C)c(S(C)(=O)=O)c1.CC(C)c1cc(F)c(C(=O)O)c(S(C)(=O)=O)c1.CC(C)c1cc(F)c(C(N)=O)c(S(C)(=O)=O)c1.CC(C)c1cccc(S(C)(=O)=O)c1.CNC(=O)c1c(F)cc(C(C)C)cc1S(C)(=O)=O. The number of nitrogens with one attached hydrogen (secondary N) is 2. The standard InChI is InChI=1S/2C13H18FNO3S.C12H16FNO3S.C11H14FNO3S.C11H13FO4S.C10H14O2S/c1-8(2)9-6-10(14)12(13(16)15(3)4)11(7-9)19(5,17)18;1-8(2)10-5-12(14)11(7-15-9(3)16)13(6-10)19(4,17)18;1-7(2)8-5-9(13)11(12(15)14-3)10(6-8)18(4,16)17;2*1-6(2)7-4-8(12)10(11(13)14)9(5-7)17(3,15)16;1-8(2)9-5-4-6-10(7-9)13(3,11)12/h6-8H,1-5H3;5-6,8H,7H2,1-4H3,(H,15,16);5-7H,1-4H3,(H,14,15);4-6H,1-3H3,(H2,13,14);4-6H,1-3H3,(H,13,14);4-8H,1-3H3. The van der Waals surface area contributed by atoms with Crippen LogP contribution < -0.4 is 16.4 Å². The molecule has 0 spiro atoms. The number of carboxylic acids is 1. The molecule has 22 nitrogen and oxygen atoms in total. The molecule has 0 saturated carbocycles. The molecule has 5 N–H and O–H groups in total. The summed E-state index contributed by atoms with van der Waals surface area (Å²) in [5, 5.41) is 13.5. The maximum Gasteiger partial charge on any atom is 0.340 e. The smallest absolute Gasteiger partial charge is 0.340 e. The van der Waals surface area contributed by atoms with Gasteiger partial charge < -0.3 is 26.4 Å². The van der Waals surface area contributed by atoms with Crippen LogP contribution in [0.25, 0.3) is 0 Å².